The summed E-state index contributed by atoms with van der Waals surface area (Å²) in [6.07, 6.45) is 2.38. The Morgan fingerprint density at radius 2 is 2.04 bits per heavy atom. The van der Waals surface area contributed by atoms with E-state index in [0.29, 0.717) is 12.6 Å². The second kappa shape index (κ2) is 8.19. The first-order chi connectivity index (χ1) is 11.7. The van der Waals surface area contributed by atoms with E-state index in [2.05, 4.69) is 21.2 Å². The maximum absolute atomic E-state index is 12.6. The van der Waals surface area contributed by atoms with Crippen molar-refractivity contribution < 1.29 is 4.79 Å². The number of nitrogens with zero attached hydrogens (tertiary/aromatic N) is 3. The highest BCUT2D eigenvalue weighted by molar-refractivity contribution is 6.30. The van der Waals surface area contributed by atoms with Gasteiger partial charge < -0.3 is 15.1 Å². The van der Waals surface area contributed by atoms with Crippen molar-refractivity contribution in [2.45, 2.75) is 18.9 Å². The van der Waals surface area contributed by atoms with Gasteiger partial charge in [-0.2, -0.15) is 0 Å². The van der Waals surface area contributed by atoms with Gasteiger partial charge in [-0.25, -0.2) is 0 Å². The first-order valence-corrected chi connectivity index (χ1v) is 9.21. The Morgan fingerprint density at radius 1 is 1.25 bits per heavy atom. The third-order valence-corrected chi connectivity index (χ3v) is 5.31. The van der Waals surface area contributed by atoms with Crippen molar-refractivity contribution in [2.75, 3.05) is 57.8 Å². The third kappa shape index (κ3) is 4.41. The smallest absolute Gasteiger partial charge is 0.236 e. The molecule has 6 heteroatoms. The molecule has 2 aliphatic heterocycles. The summed E-state index contributed by atoms with van der Waals surface area (Å²) in [5.74, 6) is 0.262. The SMILES string of the molecule is CNC1CCCN(CC(=O)N2CCN(c3cccc(Cl)c3)CC2)C1. The van der Waals surface area contributed by atoms with Crippen molar-refractivity contribution in [3.8, 4) is 0 Å². The number of benzene rings is 1. The largest absolute Gasteiger partial charge is 0.368 e. The lowest BCUT2D eigenvalue weighted by Gasteiger charge is -2.38. The first kappa shape index (κ1) is 17.5. The minimum absolute atomic E-state index is 0.262. The van der Waals surface area contributed by atoms with Crippen LogP contribution in [0.3, 0.4) is 0 Å². The molecule has 24 heavy (non-hydrogen) atoms. The number of piperidine rings is 1. The zero-order chi connectivity index (χ0) is 16.9. The van der Waals surface area contributed by atoms with Crippen LogP contribution in [-0.4, -0.2) is 74.6 Å². The van der Waals surface area contributed by atoms with E-state index >= 15 is 0 Å². The van der Waals surface area contributed by atoms with E-state index in [1.165, 1.54) is 12.8 Å². The van der Waals surface area contributed by atoms with Gasteiger partial charge in [-0.3, -0.25) is 9.69 Å². The third-order valence-electron chi connectivity index (χ3n) is 5.08. The lowest BCUT2D eigenvalue weighted by Crippen LogP contribution is -2.53. The van der Waals surface area contributed by atoms with Gasteiger partial charge >= 0.3 is 0 Å². The van der Waals surface area contributed by atoms with E-state index in [1.54, 1.807) is 0 Å². The van der Waals surface area contributed by atoms with Gasteiger partial charge in [-0.05, 0) is 44.6 Å². The van der Waals surface area contributed by atoms with Crippen molar-refractivity contribution in [3.63, 3.8) is 0 Å². The molecule has 1 unspecified atom stereocenters. The number of halogens is 1. The number of piperazine rings is 1. The van der Waals surface area contributed by atoms with E-state index in [9.17, 15) is 4.79 Å². The van der Waals surface area contributed by atoms with Crippen LogP contribution >= 0.6 is 11.6 Å². The molecule has 3 rings (SSSR count). The molecule has 2 saturated heterocycles. The molecule has 1 aromatic rings. The number of nitrogens with one attached hydrogen (secondary N) is 1. The monoisotopic (exact) mass is 350 g/mol. The molecule has 132 valence electrons. The number of carbonyl (C=O) groups is 1. The molecule has 2 aliphatic rings. The normalized spacial score (nSPS) is 22.7. The van der Waals surface area contributed by atoms with Gasteiger partial charge in [-0.15, -0.1) is 0 Å². The Labute approximate surface area is 149 Å². The summed E-state index contributed by atoms with van der Waals surface area (Å²) in [4.78, 5) is 19.2. The van der Waals surface area contributed by atoms with Crippen LogP contribution < -0.4 is 10.2 Å². The zero-order valence-electron chi connectivity index (χ0n) is 14.4. The van der Waals surface area contributed by atoms with E-state index in [0.717, 1.165) is 50.0 Å². The number of hydrogen-bond donors (Lipinski definition) is 1. The highest BCUT2D eigenvalue weighted by atomic mass is 35.5. The molecule has 1 atom stereocenters. The number of anilines is 1. The van der Waals surface area contributed by atoms with Gasteiger partial charge in [0.2, 0.25) is 5.91 Å². The van der Waals surface area contributed by atoms with Crippen molar-refractivity contribution in [1.29, 1.82) is 0 Å². The molecule has 1 amide bonds. The second-order valence-corrected chi connectivity index (χ2v) is 7.15. The van der Waals surface area contributed by atoms with Gasteiger partial charge in [-0.1, -0.05) is 17.7 Å². The fourth-order valence-corrected chi connectivity index (χ4v) is 3.80. The predicted molar refractivity (Wildman–Crippen MR) is 98.8 cm³/mol. The Hall–Kier alpha value is -1.30. The molecule has 2 fully saturated rings. The van der Waals surface area contributed by atoms with Crippen LogP contribution in [0, 0.1) is 0 Å². The predicted octanol–water partition coefficient (Wildman–Crippen LogP) is 1.67. The number of amides is 1. The Morgan fingerprint density at radius 3 is 2.75 bits per heavy atom. The van der Waals surface area contributed by atoms with Crippen LogP contribution in [0.5, 0.6) is 0 Å². The summed E-state index contributed by atoms with van der Waals surface area (Å²) in [6.45, 7) is 5.87. The van der Waals surface area contributed by atoms with Crippen LogP contribution in [0.15, 0.2) is 24.3 Å². The molecule has 0 saturated carbocycles. The van der Waals surface area contributed by atoms with Crippen LogP contribution in [0.25, 0.3) is 0 Å². The summed E-state index contributed by atoms with van der Waals surface area (Å²) >= 11 is 6.07. The van der Waals surface area contributed by atoms with Crippen molar-refractivity contribution in [2.24, 2.45) is 0 Å². The number of hydrogen-bond acceptors (Lipinski definition) is 4. The summed E-state index contributed by atoms with van der Waals surface area (Å²) < 4.78 is 0. The molecule has 0 aromatic heterocycles. The summed E-state index contributed by atoms with van der Waals surface area (Å²) in [5, 5.41) is 4.09. The minimum Gasteiger partial charge on any atom is -0.368 e. The standard InChI is InChI=1S/C18H27ClN4O/c1-20-16-5-3-7-21(13-16)14-18(24)23-10-8-22(9-11-23)17-6-2-4-15(19)12-17/h2,4,6,12,16,20H,3,5,7-11,13-14H2,1H3. The summed E-state index contributed by atoms with van der Waals surface area (Å²) in [7, 11) is 2.01. The van der Waals surface area contributed by atoms with Gasteiger partial charge in [0.25, 0.3) is 0 Å². The maximum Gasteiger partial charge on any atom is 0.236 e. The van der Waals surface area contributed by atoms with Gasteiger partial charge in [0.1, 0.15) is 0 Å². The van der Waals surface area contributed by atoms with Gasteiger partial charge in [0.05, 0.1) is 6.54 Å². The summed E-state index contributed by atoms with van der Waals surface area (Å²) in [5.41, 5.74) is 1.14. The number of carbonyl (C=O) groups excluding carboxylic acids is 1. The molecule has 0 spiro atoms. The second-order valence-electron chi connectivity index (χ2n) is 6.71. The summed E-state index contributed by atoms with van der Waals surface area (Å²) in [6, 6.07) is 8.46. The zero-order valence-corrected chi connectivity index (χ0v) is 15.1. The molecule has 0 aliphatic carbocycles. The van der Waals surface area contributed by atoms with Crippen molar-refractivity contribution >= 4 is 23.2 Å². The molecular formula is C18H27ClN4O. The molecule has 0 radical (unpaired) electrons. The Kier molecular flexibility index (Phi) is 5.98. The van der Waals surface area contributed by atoms with E-state index < -0.39 is 0 Å². The molecule has 0 bridgehead atoms. The topological polar surface area (TPSA) is 38.8 Å². The minimum atomic E-state index is 0.262. The number of rotatable bonds is 4. The van der Waals surface area contributed by atoms with Gasteiger partial charge in [0.15, 0.2) is 0 Å². The molecule has 2 heterocycles. The Balaban J connectivity index is 1.48. The van der Waals surface area contributed by atoms with E-state index in [-0.39, 0.29) is 5.91 Å². The van der Waals surface area contributed by atoms with Gasteiger partial charge in [0, 0.05) is 49.5 Å². The quantitative estimate of drug-likeness (QED) is 0.896. The van der Waals surface area contributed by atoms with Crippen LogP contribution in [0.2, 0.25) is 5.02 Å². The van der Waals surface area contributed by atoms with Crippen LogP contribution in [0.4, 0.5) is 5.69 Å². The Bertz CT molecular complexity index is 560. The highest BCUT2D eigenvalue weighted by Crippen LogP contribution is 2.21. The molecule has 1 aromatic carbocycles. The van der Waals surface area contributed by atoms with Crippen LogP contribution in [-0.2, 0) is 4.79 Å². The molecule has 1 N–H and O–H groups in total. The molecular weight excluding hydrogens is 324 g/mol. The number of likely N-dealkylation sites (tertiary alicyclic amines) is 1. The highest BCUT2D eigenvalue weighted by Gasteiger charge is 2.25. The van der Waals surface area contributed by atoms with E-state index in [1.807, 2.05) is 30.1 Å². The molecule has 5 nitrogen and oxygen atoms in total. The number of likely N-dealkylation sites (N-methyl/N-ethyl adjacent to an activating group) is 1. The lowest BCUT2D eigenvalue weighted by molar-refractivity contribution is -0.133. The fraction of sp³-hybridized carbons (Fsp3) is 0.611. The average molecular weight is 351 g/mol. The average Bonchev–Trinajstić information content (AvgIpc) is 2.62. The van der Waals surface area contributed by atoms with Crippen molar-refractivity contribution in [3.05, 3.63) is 29.3 Å². The maximum atomic E-state index is 12.6. The van der Waals surface area contributed by atoms with E-state index in [4.69, 9.17) is 11.6 Å². The van der Waals surface area contributed by atoms with Crippen LogP contribution in [0.1, 0.15) is 12.8 Å². The fourth-order valence-electron chi connectivity index (χ4n) is 3.61. The lowest BCUT2D eigenvalue weighted by atomic mass is 10.1. The van der Waals surface area contributed by atoms with Crippen molar-refractivity contribution in [1.82, 2.24) is 15.1 Å². The first-order valence-electron chi connectivity index (χ1n) is 8.83.